The van der Waals surface area contributed by atoms with Gasteiger partial charge in [-0.25, -0.2) is 4.79 Å². The Morgan fingerprint density at radius 2 is 1.55 bits per heavy atom. The normalized spacial score (nSPS) is 12.1. The van der Waals surface area contributed by atoms with Gasteiger partial charge in [-0.2, -0.15) is 13.2 Å². The van der Waals surface area contributed by atoms with Gasteiger partial charge in [0.1, 0.15) is 18.4 Å². The van der Waals surface area contributed by atoms with Crippen LogP contribution in [0.3, 0.4) is 0 Å². The van der Waals surface area contributed by atoms with Crippen molar-refractivity contribution in [3.63, 3.8) is 0 Å². The molecule has 0 aliphatic rings. The van der Waals surface area contributed by atoms with E-state index in [4.69, 9.17) is 4.74 Å². The van der Waals surface area contributed by atoms with E-state index in [9.17, 15) is 27.9 Å². The molecule has 1 amide bonds. The summed E-state index contributed by atoms with van der Waals surface area (Å²) in [4.78, 5) is 23.9. The fourth-order valence-electron chi connectivity index (χ4n) is 3.19. The number of amides is 1. The molecule has 0 heterocycles. The molecule has 3 aromatic rings. The molecule has 3 aromatic carbocycles. The lowest BCUT2D eigenvalue weighted by molar-refractivity contribution is -0.141. The Kier molecular flexibility index (Phi) is 7.71. The molecule has 2 N–H and O–H groups in total. The minimum Gasteiger partial charge on any atom is -0.489 e. The summed E-state index contributed by atoms with van der Waals surface area (Å²) in [5, 5.41) is 11.9. The summed E-state index contributed by atoms with van der Waals surface area (Å²) in [5.41, 5.74) is 0.952. The molecule has 0 aromatic heterocycles. The third kappa shape index (κ3) is 7.38. The second-order valence-corrected chi connectivity index (χ2v) is 7.46. The number of benzene rings is 3. The van der Waals surface area contributed by atoms with E-state index in [1.165, 1.54) is 12.1 Å². The molecule has 172 valence electrons. The van der Waals surface area contributed by atoms with Gasteiger partial charge in [-0.05, 0) is 34.9 Å². The Bertz CT molecular complexity index is 1080. The van der Waals surface area contributed by atoms with Crippen molar-refractivity contribution in [2.75, 3.05) is 0 Å². The molecule has 5 nitrogen and oxygen atoms in total. The van der Waals surface area contributed by atoms with Crippen LogP contribution in [0.1, 0.15) is 22.3 Å². The Morgan fingerprint density at radius 3 is 2.18 bits per heavy atom. The molecule has 0 fully saturated rings. The maximum Gasteiger partial charge on any atom is 0.416 e. The molecule has 33 heavy (non-hydrogen) atoms. The van der Waals surface area contributed by atoms with Crippen molar-refractivity contribution in [3.8, 4) is 5.75 Å². The third-order valence-corrected chi connectivity index (χ3v) is 4.86. The second kappa shape index (κ2) is 10.7. The quantitative estimate of drug-likeness (QED) is 0.491. The lowest BCUT2D eigenvalue weighted by atomic mass is 10.0. The van der Waals surface area contributed by atoms with Crippen molar-refractivity contribution >= 4 is 11.9 Å². The summed E-state index contributed by atoms with van der Waals surface area (Å²) >= 11 is 0. The number of carbonyl (C=O) groups excluding carboxylic acids is 1. The SMILES string of the molecule is O=C(Cc1cccc(C(F)(F)F)c1)N[C@H](Cc1ccc(OCc2ccccc2)cc1)C(=O)O. The number of hydrogen-bond donors (Lipinski definition) is 2. The highest BCUT2D eigenvalue weighted by molar-refractivity contribution is 5.85. The number of hydrogen-bond acceptors (Lipinski definition) is 3. The second-order valence-electron chi connectivity index (χ2n) is 7.46. The molecular formula is C25H22F3NO4. The van der Waals surface area contributed by atoms with E-state index in [0.717, 1.165) is 17.7 Å². The largest absolute Gasteiger partial charge is 0.489 e. The van der Waals surface area contributed by atoms with E-state index < -0.39 is 29.7 Å². The highest BCUT2D eigenvalue weighted by atomic mass is 19.4. The molecule has 0 aliphatic carbocycles. The van der Waals surface area contributed by atoms with Crippen LogP contribution < -0.4 is 10.1 Å². The van der Waals surface area contributed by atoms with E-state index in [2.05, 4.69) is 5.32 Å². The minimum absolute atomic E-state index is 0.0165. The summed E-state index contributed by atoms with van der Waals surface area (Å²) in [5.74, 6) is -1.30. The first-order chi connectivity index (χ1) is 15.7. The number of aliphatic carboxylic acids is 1. The van der Waals surface area contributed by atoms with Gasteiger partial charge in [0.15, 0.2) is 0 Å². The molecule has 0 aliphatic heterocycles. The zero-order valence-electron chi connectivity index (χ0n) is 17.5. The topological polar surface area (TPSA) is 75.6 Å². The fourth-order valence-corrected chi connectivity index (χ4v) is 3.19. The van der Waals surface area contributed by atoms with Crippen molar-refractivity contribution in [1.29, 1.82) is 0 Å². The molecule has 0 unspecified atom stereocenters. The van der Waals surface area contributed by atoms with Gasteiger partial charge in [0.25, 0.3) is 0 Å². The van der Waals surface area contributed by atoms with Crippen LogP contribution in [-0.4, -0.2) is 23.0 Å². The summed E-state index contributed by atoms with van der Waals surface area (Å²) in [6.07, 6.45) is -4.87. The first kappa shape index (κ1) is 23.8. The van der Waals surface area contributed by atoms with Crippen LogP contribution >= 0.6 is 0 Å². The lowest BCUT2D eigenvalue weighted by Gasteiger charge is -2.15. The zero-order valence-corrected chi connectivity index (χ0v) is 17.5. The number of carboxylic acids is 1. The highest BCUT2D eigenvalue weighted by Crippen LogP contribution is 2.29. The van der Waals surface area contributed by atoms with E-state index >= 15 is 0 Å². The van der Waals surface area contributed by atoms with Gasteiger partial charge in [-0.3, -0.25) is 4.79 Å². The average molecular weight is 457 g/mol. The predicted molar refractivity (Wildman–Crippen MR) is 116 cm³/mol. The molecule has 0 spiro atoms. The van der Waals surface area contributed by atoms with E-state index in [0.29, 0.717) is 17.9 Å². The van der Waals surface area contributed by atoms with Crippen LogP contribution in [0.25, 0.3) is 0 Å². The summed E-state index contributed by atoms with van der Waals surface area (Å²) in [7, 11) is 0. The van der Waals surface area contributed by atoms with E-state index in [1.54, 1.807) is 24.3 Å². The Morgan fingerprint density at radius 1 is 0.879 bits per heavy atom. The molecule has 0 bridgehead atoms. The van der Waals surface area contributed by atoms with Gasteiger partial charge >= 0.3 is 12.1 Å². The molecule has 0 saturated heterocycles. The minimum atomic E-state index is -4.52. The number of rotatable bonds is 9. The highest BCUT2D eigenvalue weighted by Gasteiger charge is 2.30. The summed E-state index contributed by atoms with van der Waals surface area (Å²) in [6, 6.07) is 19.6. The smallest absolute Gasteiger partial charge is 0.416 e. The van der Waals surface area contributed by atoms with Gasteiger partial charge in [0.05, 0.1) is 12.0 Å². The zero-order chi connectivity index (χ0) is 23.8. The lowest BCUT2D eigenvalue weighted by Crippen LogP contribution is -2.43. The van der Waals surface area contributed by atoms with Crippen molar-refractivity contribution in [2.45, 2.75) is 31.7 Å². The molecule has 3 rings (SSSR count). The first-order valence-corrected chi connectivity index (χ1v) is 10.1. The predicted octanol–water partition coefficient (Wildman–Crippen LogP) is 4.64. The van der Waals surface area contributed by atoms with Crippen LogP contribution in [0, 0.1) is 0 Å². The molecule has 0 radical (unpaired) electrons. The number of alkyl halides is 3. The number of carboxylic acid groups (broad SMARTS) is 1. The molecule has 8 heteroatoms. The van der Waals surface area contributed by atoms with Gasteiger partial charge in [0.2, 0.25) is 5.91 Å². The summed E-state index contributed by atoms with van der Waals surface area (Å²) in [6.45, 7) is 0.392. The van der Waals surface area contributed by atoms with Crippen molar-refractivity contribution in [2.24, 2.45) is 0 Å². The maximum absolute atomic E-state index is 12.8. The number of nitrogens with one attached hydrogen (secondary N) is 1. The van der Waals surface area contributed by atoms with Crippen LogP contribution in [0.15, 0.2) is 78.9 Å². The van der Waals surface area contributed by atoms with Gasteiger partial charge in [0, 0.05) is 6.42 Å². The number of halogens is 3. The average Bonchev–Trinajstić information content (AvgIpc) is 2.78. The first-order valence-electron chi connectivity index (χ1n) is 10.1. The number of ether oxygens (including phenoxy) is 1. The summed E-state index contributed by atoms with van der Waals surface area (Å²) < 4.78 is 44.2. The monoisotopic (exact) mass is 457 g/mol. The van der Waals surface area contributed by atoms with Gasteiger partial charge in [-0.1, -0.05) is 60.7 Å². The van der Waals surface area contributed by atoms with Crippen LogP contribution in [0.2, 0.25) is 0 Å². The van der Waals surface area contributed by atoms with Crippen LogP contribution in [0.4, 0.5) is 13.2 Å². The van der Waals surface area contributed by atoms with Crippen molar-refractivity contribution in [1.82, 2.24) is 5.32 Å². The van der Waals surface area contributed by atoms with Crippen molar-refractivity contribution < 1.29 is 32.6 Å². The van der Waals surface area contributed by atoms with E-state index in [-0.39, 0.29) is 18.4 Å². The van der Waals surface area contributed by atoms with Gasteiger partial charge in [-0.15, -0.1) is 0 Å². The van der Waals surface area contributed by atoms with Crippen LogP contribution in [0.5, 0.6) is 5.75 Å². The third-order valence-electron chi connectivity index (χ3n) is 4.86. The van der Waals surface area contributed by atoms with E-state index in [1.807, 2.05) is 30.3 Å². The Balaban J connectivity index is 1.57. The Labute approximate surface area is 188 Å². The fraction of sp³-hybridized carbons (Fsp3) is 0.200. The molecule has 1 atom stereocenters. The number of carbonyl (C=O) groups is 2. The molecule has 0 saturated carbocycles. The maximum atomic E-state index is 12.8. The van der Waals surface area contributed by atoms with Gasteiger partial charge < -0.3 is 15.2 Å². The van der Waals surface area contributed by atoms with Crippen molar-refractivity contribution in [3.05, 3.63) is 101 Å². The molecular weight excluding hydrogens is 435 g/mol. The standard InChI is InChI=1S/C25H22F3NO4/c26-25(27,28)20-8-4-7-19(13-20)15-23(30)29-22(24(31)32)14-17-9-11-21(12-10-17)33-16-18-5-2-1-3-6-18/h1-13,22H,14-16H2,(H,29,30)(H,31,32)/t22-/m1/s1. The van der Waals surface area contributed by atoms with Crippen LogP contribution in [-0.2, 0) is 35.2 Å². The Hall–Kier alpha value is -3.81.